The van der Waals surface area contributed by atoms with Crippen LogP contribution in [0.25, 0.3) is 0 Å². The van der Waals surface area contributed by atoms with Crippen molar-refractivity contribution in [2.24, 2.45) is 5.41 Å². The highest BCUT2D eigenvalue weighted by Crippen LogP contribution is 2.46. The summed E-state index contributed by atoms with van der Waals surface area (Å²) >= 11 is 6.38. The molecule has 5 fully saturated rings. The number of halogens is 1. The van der Waals surface area contributed by atoms with Gasteiger partial charge in [0.05, 0.1) is 21.7 Å². The maximum atomic E-state index is 13.7. The highest BCUT2D eigenvalue weighted by atomic mass is 35.5. The van der Waals surface area contributed by atoms with Crippen LogP contribution in [0.4, 0.5) is 17.1 Å². The first-order valence-electron chi connectivity index (χ1n) is 20.5. The van der Waals surface area contributed by atoms with Crippen LogP contribution in [0.15, 0.2) is 60.7 Å². The fraction of sp³-hybridized carbons (Fsp3) is 0.455. The number of nitriles is 1. The molecular weight excluding hydrogens is 756 g/mol. The van der Waals surface area contributed by atoms with Gasteiger partial charge in [-0.3, -0.25) is 39.1 Å². The van der Waals surface area contributed by atoms with Crippen molar-refractivity contribution in [3.05, 3.63) is 87.9 Å². The van der Waals surface area contributed by atoms with Crippen molar-refractivity contribution < 1.29 is 24.0 Å². The van der Waals surface area contributed by atoms with E-state index < -0.39 is 29.7 Å². The summed E-state index contributed by atoms with van der Waals surface area (Å²) in [6, 6.07) is 21.0. The number of carbonyl (C=O) groups excluding carboxylic acids is 5. The van der Waals surface area contributed by atoms with Crippen molar-refractivity contribution in [3.8, 4) is 6.07 Å². The van der Waals surface area contributed by atoms with Crippen LogP contribution >= 0.6 is 11.6 Å². The minimum Gasteiger partial charge on any atom is -0.371 e. The van der Waals surface area contributed by atoms with Crippen molar-refractivity contribution in [2.75, 3.05) is 73.6 Å². The van der Waals surface area contributed by atoms with Crippen LogP contribution in [0.2, 0.25) is 5.02 Å². The van der Waals surface area contributed by atoms with Gasteiger partial charge >= 0.3 is 0 Å². The Kier molecular flexibility index (Phi) is 9.88. The monoisotopic (exact) mass is 802 g/mol. The summed E-state index contributed by atoms with van der Waals surface area (Å²) in [5, 5.41) is 12.0. The van der Waals surface area contributed by atoms with E-state index in [0.29, 0.717) is 35.3 Å². The first-order valence-corrected chi connectivity index (χ1v) is 20.8. The molecule has 0 radical (unpaired) electrons. The summed E-state index contributed by atoms with van der Waals surface area (Å²) in [5.74, 6) is -1.95. The number of rotatable bonds is 6. The van der Waals surface area contributed by atoms with E-state index in [1.807, 2.05) is 41.3 Å². The third kappa shape index (κ3) is 6.86. The number of piperazine rings is 1. The average molecular weight is 803 g/mol. The van der Waals surface area contributed by atoms with E-state index in [9.17, 15) is 29.2 Å². The van der Waals surface area contributed by atoms with Crippen LogP contribution in [0.1, 0.15) is 82.1 Å². The molecule has 6 heterocycles. The Morgan fingerprint density at radius 2 is 1.50 bits per heavy atom. The van der Waals surface area contributed by atoms with Gasteiger partial charge in [0.25, 0.3) is 17.7 Å². The first-order chi connectivity index (χ1) is 28.0. The van der Waals surface area contributed by atoms with E-state index in [2.05, 4.69) is 50.0 Å². The van der Waals surface area contributed by atoms with Crippen LogP contribution in [-0.4, -0.2) is 121 Å². The molecule has 300 valence electrons. The second-order valence-electron chi connectivity index (χ2n) is 16.9. The van der Waals surface area contributed by atoms with Gasteiger partial charge in [-0.25, -0.2) is 0 Å². The number of amides is 5. The summed E-state index contributed by atoms with van der Waals surface area (Å²) in [7, 11) is 0. The van der Waals surface area contributed by atoms with Gasteiger partial charge in [0.2, 0.25) is 11.8 Å². The Morgan fingerprint density at radius 1 is 0.810 bits per heavy atom. The molecule has 6 aliphatic heterocycles. The molecule has 3 aromatic carbocycles. The number of piperidine rings is 2. The number of benzene rings is 3. The van der Waals surface area contributed by atoms with E-state index in [0.717, 1.165) is 93.5 Å². The molecular formula is C44H47ClN8O5. The summed E-state index contributed by atoms with van der Waals surface area (Å²) in [5.41, 5.74) is 5.11. The summed E-state index contributed by atoms with van der Waals surface area (Å²) in [6.07, 6.45) is 4.46. The SMILES string of the molecule is C[C@H]1CC2(CCN(c3ccc(C(=O)N4CC[C@@H](N5CCN(c6ccc7c(c6)C(=O)N(C6CCC(=O)NC6=O)C7=O)CC5)C4)cc3)CC2)CN1c1ccc(C#N)c(Cl)c1. The molecule has 9 rings (SSSR count). The normalized spacial score (nSPS) is 24.8. The molecule has 0 bridgehead atoms. The molecule has 1 spiro atoms. The predicted molar refractivity (Wildman–Crippen MR) is 219 cm³/mol. The lowest BCUT2D eigenvalue weighted by Gasteiger charge is -2.40. The average Bonchev–Trinajstić information content (AvgIpc) is 3.92. The minimum atomic E-state index is -0.985. The lowest BCUT2D eigenvalue weighted by atomic mass is 9.76. The summed E-state index contributed by atoms with van der Waals surface area (Å²) in [4.78, 5) is 76.8. The number of carbonyl (C=O) groups is 5. The number of hydrogen-bond donors (Lipinski definition) is 1. The Balaban J connectivity index is 0.754. The van der Waals surface area contributed by atoms with E-state index >= 15 is 0 Å². The van der Waals surface area contributed by atoms with Gasteiger partial charge in [0, 0.05) is 100 Å². The molecule has 0 aliphatic carbocycles. The Labute approximate surface area is 343 Å². The Morgan fingerprint density at radius 3 is 2.21 bits per heavy atom. The molecule has 1 N–H and O–H groups in total. The van der Waals surface area contributed by atoms with E-state index in [1.54, 1.807) is 12.1 Å². The van der Waals surface area contributed by atoms with Crippen molar-refractivity contribution >= 4 is 58.2 Å². The molecule has 14 heteroatoms. The van der Waals surface area contributed by atoms with Gasteiger partial charge in [0.1, 0.15) is 12.1 Å². The second-order valence-corrected chi connectivity index (χ2v) is 17.3. The third-order valence-electron chi connectivity index (χ3n) is 13.5. The first kappa shape index (κ1) is 38.1. The molecule has 0 aromatic heterocycles. The maximum Gasteiger partial charge on any atom is 0.262 e. The molecule has 13 nitrogen and oxygen atoms in total. The maximum absolute atomic E-state index is 13.7. The molecule has 1 unspecified atom stereocenters. The van der Waals surface area contributed by atoms with Crippen LogP contribution in [-0.2, 0) is 9.59 Å². The summed E-state index contributed by atoms with van der Waals surface area (Å²) in [6.45, 7) is 9.71. The van der Waals surface area contributed by atoms with E-state index in [-0.39, 0.29) is 41.3 Å². The fourth-order valence-electron chi connectivity index (χ4n) is 10.3. The molecule has 0 saturated carbocycles. The number of nitrogens with zero attached hydrogens (tertiary/aromatic N) is 7. The Bertz CT molecular complexity index is 2220. The summed E-state index contributed by atoms with van der Waals surface area (Å²) < 4.78 is 0. The van der Waals surface area contributed by atoms with Crippen molar-refractivity contribution in [2.45, 2.75) is 63.6 Å². The number of likely N-dealkylation sites (tertiary alicyclic amines) is 1. The molecule has 58 heavy (non-hydrogen) atoms. The lowest BCUT2D eigenvalue weighted by Crippen LogP contribution is -2.54. The third-order valence-corrected chi connectivity index (χ3v) is 13.9. The zero-order chi connectivity index (χ0) is 40.3. The topological polar surface area (TPSA) is 141 Å². The van der Waals surface area contributed by atoms with Gasteiger partial charge < -0.3 is 19.6 Å². The van der Waals surface area contributed by atoms with Crippen LogP contribution < -0.4 is 20.0 Å². The zero-order valence-corrected chi connectivity index (χ0v) is 33.4. The number of nitrogens with one attached hydrogen (secondary N) is 1. The van der Waals surface area contributed by atoms with Gasteiger partial charge in [-0.15, -0.1) is 0 Å². The van der Waals surface area contributed by atoms with Crippen LogP contribution in [0, 0.1) is 16.7 Å². The van der Waals surface area contributed by atoms with E-state index in [4.69, 9.17) is 11.6 Å². The molecule has 3 atom stereocenters. The van der Waals surface area contributed by atoms with Crippen molar-refractivity contribution in [1.29, 1.82) is 5.26 Å². The highest BCUT2D eigenvalue weighted by Gasteiger charge is 2.46. The second kappa shape index (κ2) is 15.1. The molecule has 5 saturated heterocycles. The lowest BCUT2D eigenvalue weighted by molar-refractivity contribution is -0.136. The Hall–Kier alpha value is -5.45. The number of anilines is 3. The van der Waals surface area contributed by atoms with Crippen molar-refractivity contribution in [3.63, 3.8) is 0 Å². The van der Waals surface area contributed by atoms with Crippen LogP contribution in [0.3, 0.4) is 0 Å². The molecule has 3 aromatic rings. The number of fused-ring (bicyclic) bond motifs is 1. The highest BCUT2D eigenvalue weighted by molar-refractivity contribution is 6.32. The quantitative estimate of drug-likeness (QED) is 0.354. The zero-order valence-electron chi connectivity index (χ0n) is 32.7. The van der Waals surface area contributed by atoms with Crippen LogP contribution in [0.5, 0.6) is 0 Å². The number of imide groups is 2. The van der Waals surface area contributed by atoms with Gasteiger partial charge in [-0.2, -0.15) is 5.26 Å². The predicted octanol–water partition coefficient (Wildman–Crippen LogP) is 4.53. The largest absolute Gasteiger partial charge is 0.371 e. The van der Waals surface area contributed by atoms with Gasteiger partial charge in [0.15, 0.2) is 0 Å². The number of hydrogen-bond acceptors (Lipinski definition) is 10. The van der Waals surface area contributed by atoms with Crippen molar-refractivity contribution in [1.82, 2.24) is 20.0 Å². The molecule has 6 aliphatic rings. The molecule has 5 amide bonds. The standard InChI is InChI=1S/C44H47ClN8O5/c1-28-24-44(27-52(28)33-7-4-30(25-46)37(45)23-33)13-16-48(17-14-44)31-5-2-29(3-6-31)41(56)51-15-12-34(26-51)50-20-18-49(19-21-50)32-8-9-35-36(22-32)43(58)53(42(35)57)38-10-11-39(54)47-40(38)55/h2-9,22-23,28,34,38H,10-21,24,26-27H2,1H3,(H,47,54,55)/t28-,34+,38?/m0/s1. The van der Waals surface area contributed by atoms with Gasteiger partial charge in [-0.1, -0.05) is 11.6 Å². The minimum absolute atomic E-state index is 0.0666. The fourth-order valence-corrected chi connectivity index (χ4v) is 10.5. The smallest absolute Gasteiger partial charge is 0.262 e. The van der Waals surface area contributed by atoms with E-state index in [1.165, 1.54) is 0 Å². The van der Waals surface area contributed by atoms with Gasteiger partial charge in [-0.05, 0) is 105 Å².